The van der Waals surface area contributed by atoms with Gasteiger partial charge in [0.1, 0.15) is 11.9 Å². The zero-order valence-corrected chi connectivity index (χ0v) is 16.9. The van der Waals surface area contributed by atoms with Crippen molar-refractivity contribution in [1.29, 1.82) is 5.26 Å². The van der Waals surface area contributed by atoms with Crippen molar-refractivity contribution in [3.05, 3.63) is 55.7 Å². The number of piperazine rings is 1. The molecule has 1 aliphatic heterocycles. The fourth-order valence-electron chi connectivity index (χ4n) is 3.37. The molecule has 1 fully saturated rings. The lowest BCUT2D eigenvalue weighted by Crippen LogP contribution is -2.51. The number of rotatable bonds is 4. The normalized spacial score (nSPS) is 14.5. The maximum Gasteiger partial charge on any atom is 0.332 e. The van der Waals surface area contributed by atoms with Gasteiger partial charge in [-0.05, 0) is 12.1 Å². The molecule has 1 aliphatic rings. The Balaban J connectivity index is 1.68. The Labute approximate surface area is 172 Å². The Hall–Kier alpha value is -3.09. The predicted octanol–water partition coefficient (Wildman–Crippen LogP) is 0.370. The fraction of sp³-hybridized carbons (Fsp3) is 0.368. The largest absolute Gasteiger partial charge is 0.354 e. The fourth-order valence-corrected chi connectivity index (χ4v) is 3.56. The summed E-state index contributed by atoms with van der Waals surface area (Å²) in [4.78, 5) is 40.6. The third kappa shape index (κ3) is 4.18. The smallest absolute Gasteiger partial charge is 0.332 e. The third-order valence-electron chi connectivity index (χ3n) is 4.93. The van der Waals surface area contributed by atoms with Gasteiger partial charge in [0, 0.05) is 40.3 Å². The van der Waals surface area contributed by atoms with Gasteiger partial charge in [-0.3, -0.25) is 23.6 Å². The van der Waals surface area contributed by atoms with Crippen LogP contribution < -0.4 is 21.5 Å². The molecule has 3 rings (SSSR count). The van der Waals surface area contributed by atoms with Crippen molar-refractivity contribution in [3.63, 3.8) is 0 Å². The van der Waals surface area contributed by atoms with Crippen molar-refractivity contribution in [2.75, 3.05) is 42.9 Å². The molecule has 1 amide bonds. The van der Waals surface area contributed by atoms with Crippen molar-refractivity contribution in [1.82, 2.24) is 14.0 Å². The molecule has 1 aromatic heterocycles. The maximum atomic E-state index is 12.3. The lowest BCUT2D eigenvalue weighted by atomic mass is 10.2. The van der Waals surface area contributed by atoms with Gasteiger partial charge in [0.2, 0.25) is 5.91 Å². The van der Waals surface area contributed by atoms with E-state index >= 15 is 0 Å². The van der Waals surface area contributed by atoms with E-state index in [1.165, 1.54) is 11.6 Å². The molecule has 1 N–H and O–H groups in total. The first-order valence-corrected chi connectivity index (χ1v) is 9.43. The summed E-state index contributed by atoms with van der Waals surface area (Å²) >= 11 is 6.06. The predicted molar refractivity (Wildman–Crippen MR) is 110 cm³/mol. The van der Waals surface area contributed by atoms with E-state index in [-0.39, 0.29) is 18.0 Å². The zero-order valence-electron chi connectivity index (χ0n) is 16.2. The molecular weight excluding hydrogens is 396 g/mol. The number of aromatic nitrogens is 2. The Morgan fingerprint density at radius 1 is 1.14 bits per heavy atom. The first-order chi connectivity index (χ1) is 13.8. The van der Waals surface area contributed by atoms with Crippen molar-refractivity contribution in [2.45, 2.75) is 0 Å². The number of halogens is 1. The quantitative estimate of drug-likeness (QED) is 0.772. The SMILES string of the molecule is Cn1c(N2CCN(CC(=O)Nc3ccccc3Cl)CC2)c(C#N)c(=O)n(C)c1=O. The van der Waals surface area contributed by atoms with Gasteiger partial charge in [-0.25, -0.2) is 4.79 Å². The second kappa shape index (κ2) is 8.51. The maximum absolute atomic E-state index is 12.3. The minimum absolute atomic E-state index is 0.0560. The first-order valence-electron chi connectivity index (χ1n) is 9.05. The van der Waals surface area contributed by atoms with E-state index in [1.807, 2.05) is 15.9 Å². The molecule has 0 atom stereocenters. The molecule has 29 heavy (non-hydrogen) atoms. The summed E-state index contributed by atoms with van der Waals surface area (Å²) in [6, 6.07) is 8.94. The second-order valence-corrected chi connectivity index (χ2v) is 7.21. The minimum atomic E-state index is -0.604. The van der Waals surface area contributed by atoms with Gasteiger partial charge >= 0.3 is 5.69 Å². The number of nitrogens with zero attached hydrogens (tertiary/aromatic N) is 5. The summed E-state index contributed by atoms with van der Waals surface area (Å²) in [6.45, 7) is 2.25. The van der Waals surface area contributed by atoms with Crippen LogP contribution in [0.1, 0.15) is 5.56 Å². The molecule has 0 bridgehead atoms. The van der Waals surface area contributed by atoms with Gasteiger partial charge in [-0.15, -0.1) is 0 Å². The van der Waals surface area contributed by atoms with Gasteiger partial charge in [0.25, 0.3) is 5.56 Å². The standard InChI is InChI=1S/C19H21ClN6O3/c1-23-17(13(11-21)18(28)24(2)19(23)29)26-9-7-25(8-10-26)12-16(27)22-15-6-4-3-5-14(15)20/h3-6H,7-10,12H2,1-2H3,(H,22,27). The molecule has 0 spiro atoms. The molecule has 0 saturated carbocycles. The summed E-state index contributed by atoms with van der Waals surface area (Å²) in [5, 5.41) is 12.7. The molecule has 1 aromatic carbocycles. The van der Waals surface area contributed by atoms with Crippen LogP contribution in [0.25, 0.3) is 0 Å². The molecular formula is C19H21ClN6O3. The Kier molecular flexibility index (Phi) is 6.06. The highest BCUT2D eigenvalue weighted by Crippen LogP contribution is 2.21. The number of nitriles is 1. The topological polar surface area (TPSA) is 103 Å². The monoisotopic (exact) mass is 416 g/mol. The summed E-state index contributed by atoms with van der Waals surface area (Å²) < 4.78 is 2.25. The highest BCUT2D eigenvalue weighted by molar-refractivity contribution is 6.33. The number of carbonyl (C=O) groups excluding carboxylic acids is 1. The van der Waals surface area contributed by atoms with Crippen LogP contribution in [0, 0.1) is 11.3 Å². The van der Waals surface area contributed by atoms with Crippen molar-refractivity contribution in [2.24, 2.45) is 14.1 Å². The number of amides is 1. The second-order valence-electron chi connectivity index (χ2n) is 6.81. The Morgan fingerprint density at radius 3 is 2.41 bits per heavy atom. The van der Waals surface area contributed by atoms with E-state index in [0.29, 0.717) is 42.7 Å². The van der Waals surface area contributed by atoms with Gasteiger partial charge in [0.05, 0.1) is 17.3 Å². The van der Waals surface area contributed by atoms with E-state index in [2.05, 4.69) is 5.32 Å². The van der Waals surface area contributed by atoms with E-state index in [4.69, 9.17) is 11.6 Å². The van der Waals surface area contributed by atoms with Crippen LogP contribution in [0.4, 0.5) is 11.5 Å². The number of carbonyl (C=O) groups is 1. The number of hydrogen-bond donors (Lipinski definition) is 1. The molecule has 2 aromatic rings. The lowest BCUT2D eigenvalue weighted by molar-refractivity contribution is -0.117. The van der Waals surface area contributed by atoms with Gasteiger partial charge in [-0.1, -0.05) is 23.7 Å². The number of nitrogens with one attached hydrogen (secondary N) is 1. The van der Waals surface area contributed by atoms with Gasteiger partial charge in [-0.2, -0.15) is 5.26 Å². The van der Waals surface area contributed by atoms with Crippen molar-refractivity contribution in [3.8, 4) is 6.07 Å². The average molecular weight is 417 g/mol. The Morgan fingerprint density at radius 2 is 1.79 bits per heavy atom. The molecule has 2 heterocycles. The van der Waals surface area contributed by atoms with E-state index < -0.39 is 11.2 Å². The summed E-state index contributed by atoms with van der Waals surface area (Å²) in [7, 11) is 2.90. The highest BCUT2D eigenvalue weighted by Gasteiger charge is 2.25. The van der Waals surface area contributed by atoms with Crippen LogP contribution in [-0.4, -0.2) is 52.7 Å². The van der Waals surface area contributed by atoms with Crippen LogP contribution in [0.15, 0.2) is 33.9 Å². The van der Waals surface area contributed by atoms with Gasteiger partial charge in [0.15, 0.2) is 5.56 Å². The van der Waals surface area contributed by atoms with Crippen LogP contribution in [-0.2, 0) is 18.9 Å². The van der Waals surface area contributed by atoms with E-state index in [9.17, 15) is 19.6 Å². The van der Waals surface area contributed by atoms with E-state index in [1.54, 1.807) is 31.3 Å². The van der Waals surface area contributed by atoms with Crippen LogP contribution in [0.2, 0.25) is 5.02 Å². The third-order valence-corrected chi connectivity index (χ3v) is 5.26. The van der Waals surface area contributed by atoms with Crippen LogP contribution >= 0.6 is 11.6 Å². The van der Waals surface area contributed by atoms with E-state index in [0.717, 1.165) is 4.57 Å². The zero-order chi connectivity index (χ0) is 21.1. The van der Waals surface area contributed by atoms with Gasteiger partial charge < -0.3 is 10.2 Å². The number of benzene rings is 1. The number of para-hydroxylation sites is 1. The number of hydrogen-bond acceptors (Lipinski definition) is 6. The minimum Gasteiger partial charge on any atom is -0.354 e. The molecule has 0 aliphatic carbocycles. The van der Waals surface area contributed by atoms with Crippen LogP contribution in [0.5, 0.6) is 0 Å². The molecule has 152 valence electrons. The molecule has 0 unspecified atom stereocenters. The number of anilines is 2. The molecule has 0 radical (unpaired) electrons. The molecule has 9 nitrogen and oxygen atoms in total. The van der Waals surface area contributed by atoms with Crippen molar-refractivity contribution >= 4 is 29.0 Å². The van der Waals surface area contributed by atoms with Crippen LogP contribution in [0.3, 0.4) is 0 Å². The highest BCUT2D eigenvalue weighted by atomic mass is 35.5. The summed E-state index contributed by atoms with van der Waals surface area (Å²) in [5.74, 6) is 0.144. The first kappa shape index (κ1) is 20.6. The average Bonchev–Trinajstić information content (AvgIpc) is 2.71. The molecule has 10 heteroatoms. The van der Waals surface area contributed by atoms with Crippen molar-refractivity contribution < 1.29 is 4.79 Å². The summed E-state index contributed by atoms with van der Waals surface area (Å²) in [6.07, 6.45) is 0. The molecule has 1 saturated heterocycles. The Bertz CT molecular complexity index is 1090. The lowest BCUT2D eigenvalue weighted by Gasteiger charge is -2.36. The summed E-state index contributed by atoms with van der Waals surface area (Å²) in [5.41, 5.74) is -0.580.